The summed E-state index contributed by atoms with van der Waals surface area (Å²) in [6, 6.07) is 0. The molecule has 1 aliphatic heterocycles. The van der Waals surface area contributed by atoms with Crippen molar-refractivity contribution in [3.8, 4) is 0 Å². The molecule has 0 atom stereocenters. The first kappa shape index (κ1) is 7.73. The minimum atomic E-state index is 0.0402. The molecule has 0 unspecified atom stereocenters. The summed E-state index contributed by atoms with van der Waals surface area (Å²) in [5.41, 5.74) is 0.654. The minimum absolute atomic E-state index is 0.0402. The third-order valence-electron chi connectivity index (χ3n) is 2.68. The van der Waals surface area contributed by atoms with Crippen LogP contribution in [0.4, 0.5) is 0 Å². The number of H-pyrrole nitrogens is 1. The van der Waals surface area contributed by atoms with Gasteiger partial charge < -0.3 is 0 Å². The Kier molecular flexibility index (Phi) is 1.47. The van der Waals surface area contributed by atoms with E-state index in [1.165, 1.54) is 0 Å². The van der Waals surface area contributed by atoms with E-state index in [2.05, 4.69) is 15.2 Å². The molecule has 0 spiro atoms. The SMILES string of the molecule is O=c1c2cn[nH]c2nc2n1CCCC2. The Morgan fingerprint density at radius 1 is 1.43 bits per heavy atom. The van der Waals surface area contributed by atoms with E-state index in [-0.39, 0.29) is 5.56 Å². The van der Waals surface area contributed by atoms with Crippen molar-refractivity contribution in [2.75, 3.05) is 0 Å². The minimum Gasteiger partial charge on any atom is -0.296 e. The molecule has 0 aromatic carbocycles. The van der Waals surface area contributed by atoms with Crippen molar-refractivity contribution in [1.82, 2.24) is 19.7 Å². The maximum absolute atomic E-state index is 11.9. The highest BCUT2D eigenvalue weighted by molar-refractivity contribution is 5.72. The fourth-order valence-electron chi connectivity index (χ4n) is 1.95. The van der Waals surface area contributed by atoms with Gasteiger partial charge in [0.25, 0.3) is 5.56 Å². The van der Waals surface area contributed by atoms with E-state index in [0.29, 0.717) is 11.0 Å². The van der Waals surface area contributed by atoms with Gasteiger partial charge in [0.05, 0.1) is 6.20 Å². The Labute approximate surface area is 79.8 Å². The molecule has 0 amide bonds. The molecule has 1 N–H and O–H groups in total. The van der Waals surface area contributed by atoms with Gasteiger partial charge in [-0.2, -0.15) is 5.10 Å². The number of aryl methyl sites for hydroxylation is 1. The van der Waals surface area contributed by atoms with Crippen LogP contribution in [0.5, 0.6) is 0 Å². The highest BCUT2D eigenvalue weighted by Gasteiger charge is 2.14. The summed E-state index contributed by atoms with van der Waals surface area (Å²) in [5, 5.41) is 7.16. The molecule has 2 aromatic heterocycles. The quantitative estimate of drug-likeness (QED) is 0.656. The normalized spacial score (nSPS) is 15.7. The predicted molar refractivity (Wildman–Crippen MR) is 51.1 cm³/mol. The number of nitrogens with one attached hydrogen (secondary N) is 1. The molecule has 2 aromatic rings. The van der Waals surface area contributed by atoms with Crippen molar-refractivity contribution in [3.05, 3.63) is 22.4 Å². The van der Waals surface area contributed by atoms with Crippen LogP contribution in [0.3, 0.4) is 0 Å². The molecule has 5 nitrogen and oxygen atoms in total. The molecule has 1 aliphatic rings. The van der Waals surface area contributed by atoms with E-state index in [9.17, 15) is 4.79 Å². The molecule has 0 aliphatic carbocycles. The summed E-state index contributed by atoms with van der Waals surface area (Å²) in [6.45, 7) is 0.794. The van der Waals surface area contributed by atoms with Crippen molar-refractivity contribution < 1.29 is 0 Å². The molecular weight excluding hydrogens is 180 g/mol. The molecule has 5 heteroatoms. The van der Waals surface area contributed by atoms with Gasteiger partial charge in [0.2, 0.25) is 0 Å². The molecule has 0 fully saturated rings. The third kappa shape index (κ3) is 0.921. The Morgan fingerprint density at radius 2 is 2.36 bits per heavy atom. The molecule has 0 saturated carbocycles. The lowest BCUT2D eigenvalue weighted by Crippen LogP contribution is -2.27. The zero-order chi connectivity index (χ0) is 9.54. The van der Waals surface area contributed by atoms with Crippen LogP contribution in [-0.2, 0) is 13.0 Å². The maximum atomic E-state index is 11.9. The second-order valence-electron chi connectivity index (χ2n) is 3.57. The Balaban J connectivity index is 2.42. The van der Waals surface area contributed by atoms with Crippen LogP contribution in [0.1, 0.15) is 18.7 Å². The number of rotatable bonds is 0. The van der Waals surface area contributed by atoms with Crippen molar-refractivity contribution in [2.45, 2.75) is 25.8 Å². The average Bonchev–Trinajstić information content (AvgIpc) is 2.66. The van der Waals surface area contributed by atoms with E-state index in [4.69, 9.17) is 0 Å². The first-order valence-corrected chi connectivity index (χ1v) is 4.79. The highest BCUT2D eigenvalue weighted by atomic mass is 16.1. The Morgan fingerprint density at radius 3 is 3.29 bits per heavy atom. The summed E-state index contributed by atoms with van der Waals surface area (Å²) >= 11 is 0. The van der Waals surface area contributed by atoms with Gasteiger partial charge in [-0.1, -0.05) is 0 Å². The second kappa shape index (κ2) is 2.67. The van der Waals surface area contributed by atoms with Crippen molar-refractivity contribution in [3.63, 3.8) is 0 Å². The van der Waals surface area contributed by atoms with Crippen molar-refractivity contribution in [2.24, 2.45) is 0 Å². The lowest BCUT2D eigenvalue weighted by Gasteiger charge is -2.16. The van der Waals surface area contributed by atoms with E-state index in [1.54, 1.807) is 10.8 Å². The predicted octanol–water partition coefficient (Wildman–Crippen LogP) is 0.456. The summed E-state index contributed by atoms with van der Waals surface area (Å²) in [5.74, 6) is 0.887. The van der Waals surface area contributed by atoms with E-state index >= 15 is 0 Å². The van der Waals surface area contributed by atoms with Gasteiger partial charge in [-0.25, -0.2) is 4.98 Å². The first-order chi connectivity index (χ1) is 6.86. The topological polar surface area (TPSA) is 63.6 Å². The van der Waals surface area contributed by atoms with E-state index in [0.717, 1.165) is 31.6 Å². The molecule has 3 heterocycles. The van der Waals surface area contributed by atoms with Gasteiger partial charge in [-0.15, -0.1) is 0 Å². The largest absolute Gasteiger partial charge is 0.296 e. The number of aromatic amines is 1. The lowest BCUT2D eigenvalue weighted by molar-refractivity contribution is 0.500. The average molecular weight is 190 g/mol. The summed E-state index contributed by atoms with van der Waals surface area (Å²) < 4.78 is 1.77. The fourth-order valence-corrected chi connectivity index (χ4v) is 1.95. The number of nitrogens with zero attached hydrogens (tertiary/aromatic N) is 3. The van der Waals surface area contributed by atoms with Crippen molar-refractivity contribution in [1.29, 1.82) is 0 Å². The highest BCUT2D eigenvalue weighted by Crippen LogP contribution is 2.12. The monoisotopic (exact) mass is 190 g/mol. The summed E-state index contributed by atoms with van der Waals surface area (Å²) in [7, 11) is 0. The summed E-state index contributed by atoms with van der Waals surface area (Å²) in [6.07, 6.45) is 4.63. The number of aromatic nitrogens is 4. The van der Waals surface area contributed by atoms with Gasteiger partial charge in [0.15, 0.2) is 5.65 Å². The van der Waals surface area contributed by atoms with Crippen LogP contribution < -0.4 is 5.56 Å². The Hall–Kier alpha value is -1.65. The Bertz CT molecular complexity index is 539. The third-order valence-corrected chi connectivity index (χ3v) is 2.68. The molecular formula is C9H10N4O. The zero-order valence-electron chi connectivity index (χ0n) is 7.66. The van der Waals surface area contributed by atoms with E-state index < -0.39 is 0 Å². The van der Waals surface area contributed by atoms with Gasteiger partial charge >= 0.3 is 0 Å². The molecule has 0 radical (unpaired) electrons. The van der Waals surface area contributed by atoms with Gasteiger partial charge in [0, 0.05) is 13.0 Å². The van der Waals surface area contributed by atoms with E-state index in [1.807, 2.05) is 0 Å². The molecule has 3 rings (SSSR count). The fraction of sp³-hybridized carbons (Fsp3) is 0.444. The summed E-state index contributed by atoms with van der Waals surface area (Å²) in [4.78, 5) is 16.3. The van der Waals surface area contributed by atoms with Crippen LogP contribution in [-0.4, -0.2) is 19.7 Å². The number of fused-ring (bicyclic) bond motifs is 2. The lowest BCUT2D eigenvalue weighted by atomic mass is 10.1. The standard InChI is InChI=1S/C9H10N4O/c14-9-6-5-10-12-8(6)11-7-3-1-2-4-13(7)9/h5H,1-4H2,(H,10,12). The first-order valence-electron chi connectivity index (χ1n) is 4.79. The van der Waals surface area contributed by atoms with Crippen LogP contribution in [0.25, 0.3) is 11.0 Å². The van der Waals surface area contributed by atoms with Gasteiger partial charge in [-0.3, -0.25) is 14.5 Å². The van der Waals surface area contributed by atoms with Gasteiger partial charge in [-0.05, 0) is 12.8 Å². The van der Waals surface area contributed by atoms with Gasteiger partial charge in [0.1, 0.15) is 11.2 Å². The number of hydrogen-bond acceptors (Lipinski definition) is 3. The second-order valence-corrected chi connectivity index (χ2v) is 3.57. The van der Waals surface area contributed by atoms with Crippen LogP contribution in [0.2, 0.25) is 0 Å². The van der Waals surface area contributed by atoms with Crippen LogP contribution in [0.15, 0.2) is 11.0 Å². The molecule has 0 bridgehead atoms. The maximum Gasteiger partial charge on any atom is 0.264 e. The van der Waals surface area contributed by atoms with Crippen molar-refractivity contribution >= 4 is 11.0 Å². The molecule has 14 heavy (non-hydrogen) atoms. The zero-order valence-corrected chi connectivity index (χ0v) is 7.66. The molecule has 72 valence electrons. The van der Waals surface area contributed by atoms with Crippen LogP contribution >= 0.6 is 0 Å². The molecule has 0 saturated heterocycles. The smallest absolute Gasteiger partial charge is 0.264 e. The number of hydrogen-bond donors (Lipinski definition) is 1. The van der Waals surface area contributed by atoms with Crippen LogP contribution in [0, 0.1) is 0 Å².